The van der Waals surface area contributed by atoms with Gasteiger partial charge in [-0.3, -0.25) is 0 Å². The smallest absolute Gasteiger partial charge is 0.134 e. The van der Waals surface area contributed by atoms with Crippen LogP contribution in [0, 0.1) is 0 Å². The van der Waals surface area contributed by atoms with Crippen LogP contribution in [0.25, 0.3) is 11.0 Å². The molecule has 0 saturated carbocycles. The first-order chi connectivity index (χ1) is 9.72. The topological polar surface area (TPSA) is 25.2 Å². The molecule has 1 N–H and O–H groups in total. The molecule has 104 valence electrons. The van der Waals surface area contributed by atoms with Gasteiger partial charge in [0.2, 0.25) is 0 Å². The van der Waals surface area contributed by atoms with Crippen LogP contribution in [0.1, 0.15) is 23.6 Å². The van der Waals surface area contributed by atoms with Crippen molar-refractivity contribution in [1.29, 1.82) is 0 Å². The maximum Gasteiger partial charge on any atom is 0.134 e. The number of thiophene rings is 1. The minimum atomic E-state index is 0.228. The van der Waals surface area contributed by atoms with E-state index in [9.17, 15) is 0 Å². The molecule has 0 fully saturated rings. The van der Waals surface area contributed by atoms with Gasteiger partial charge in [0.1, 0.15) is 11.3 Å². The molecule has 0 aliphatic heterocycles. The molecule has 0 aliphatic carbocycles. The van der Waals surface area contributed by atoms with E-state index in [2.05, 4.69) is 52.4 Å². The van der Waals surface area contributed by atoms with Gasteiger partial charge in [0, 0.05) is 16.8 Å². The highest BCUT2D eigenvalue weighted by Crippen LogP contribution is 2.24. The van der Waals surface area contributed by atoms with E-state index < -0.39 is 0 Å². The van der Waals surface area contributed by atoms with Crippen LogP contribution in [0.15, 0.2) is 50.7 Å². The molecule has 0 bridgehead atoms. The first kappa shape index (κ1) is 13.9. The Kier molecular flexibility index (Phi) is 4.24. The molecule has 4 heteroatoms. The number of fused-ring (bicyclic) bond motifs is 1. The number of hydrogen-bond acceptors (Lipinski definition) is 3. The number of nitrogens with one attached hydrogen (secondary N) is 1. The second-order valence-corrected chi connectivity index (χ2v) is 7.37. The molecular weight excluding hydrogens is 334 g/mol. The Morgan fingerprint density at radius 1 is 1.25 bits per heavy atom. The molecule has 1 aromatic carbocycles. The monoisotopic (exact) mass is 349 g/mol. The van der Waals surface area contributed by atoms with E-state index in [0.29, 0.717) is 0 Å². The fraction of sp³-hybridized carbons (Fsp3) is 0.250. The van der Waals surface area contributed by atoms with Crippen molar-refractivity contribution in [1.82, 2.24) is 5.32 Å². The summed E-state index contributed by atoms with van der Waals surface area (Å²) in [5, 5.41) is 4.68. The lowest BCUT2D eigenvalue weighted by Gasteiger charge is -2.10. The molecule has 0 saturated heterocycles. The van der Waals surface area contributed by atoms with Crippen molar-refractivity contribution >= 4 is 38.2 Å². The quantitative estimate of drug-likeness (QED) is 0.688. The molecule has 3 rings (SSSR count). The number of para-hydroxylation sites is 1. The van der Waals surface area contributed by atoms with Gasteiger partial charge < -0.3 is 9.73 Å². The van der Waals surface area contributed by atoms with E-state index >= 15 is 0 Å². The van der Waals surface area contributed by atoms with E-state index in [1.807, 2.05) is 18.2 Å². The molecule has 2 heterocycles. The van der Waals surface area contributed by atoms with Crippen molar-refractivity contribution in [3.63, 3.8) is 0 Å². The average Bonchev–Trinajstić information content (AvgIpc) is 3.04. The van der Waals surface area contributed by atoms with E-state index in [1.54, 1.807) is 11.3 Å². The average molecular weight is 350 g/mol. The zero-order valence-corrected chi connectivity index (χ0v) is 13.6. The summed E-state index contributed by atoms with van der Waals surface area (Å²) in [5.41, 5.74) is 0.957. The Morgan fingerprint density at radius 2 is 2.10 bits per heavy atom. The predicted octanol–water partition coefficient (Wildman–Crippen LogP) is 5.15. The molecule has 1 atom stereocenters. The maximum atomic E-state index is 5.87. The highest BCUT2D eigenvalue weighted by atomic mass is 79.9. The second kappa shape index (κ2) is 6.12. The summed E-state index contributed by atoms with van der Waals surface area (Å²) in [6.45, 7) is 3.09. The highest BCUT2D eigenvalue weighted by molar-refractivity contribution is 9.11. The molecule has 0 aliphatic rings. The zero-order chi connectivity index (χ0) is 13.9. The van der Waals surface area contributed by atoms with Gasteiger partial charge in [0.05, 0.1) is 9.83 Å². The van der Waals surface area contributed by atoms with Gasteiger partial charge >= 0.3 is 0 Å². The van der Waals surface area contributed by atoms with Crippen LogP contribution in [0.4, 0.5) is 0 Å². The van der Waals surface area contributed by atoms with E-state index in [1.165, 1.54) is 14.0 Å². The fourth-order valence-electron chi connectivity index (χ4n) is 2.21. The van der Waals surface area contributed by atoms with E-state index in [-0.39, 0.29) is 6.04 Å². The van der Waals surface area contributed by atoms with Gasteiger partial charge in [-0.25, -0.2) is 0 Å². The van der Waals surface area contributed by atoms with Gasteiger partial charge in [-0.1, -0.05) is 18.2 Å². The third-order valence-corrected chi connectivity index (χ3v) is 5.01. The van der Waals surface area contributed by atoms with Crippen LogP contribution < -0.4 is 5.32 Å². The molecule has 0 spiro atoms. The lowest BCUT2D eigenvalue weighted by atomic mass is 10.2. The lowest BCUT2D eigenvalue weighted by Crippen LogP contribution is -2.20. The summed E-state index contributed by atoms with van der Waals surface area (Å²) < 4.78 is 7.06. The number of hydrogen-bond donors (Lipinski definition) is 1. The van der Waals surface area contributed by atoms with Gasteiger partial charge in [-0.15, -0.1) is 11.3 Å². The summed E-state index contributed by atoms with van der Waals surface area (Å²) in [5.74, 6) is 0.999. The third-order valence-electron chi connectivity index (χ3n) is 3.32. The van der Waals surface area contributed by atoms with Crippen molar-refractivity contribution < 1.29 is 4.42 Å². The Balaban J connectivity index is 1.59. The SMILES string of the molecule is CC(NCCc1ccc(Br)s1)c1cc2ccccc2o1. The second-order valence-electron chi connectivity index (χ2n) is 4.82. The minimum absolute atomic E-state index is 0.228. The molecule has 20 heavy (non-hydrogen) atoms. The third kappa shape index (κ3) is 3.14. The molecule has 1 unspecified atom stereocenters. The molecule has 3 aromatic rings. The van der Waals surface area contributed by atoms with E-state index in [4.69, 9.17) is 4.42 Å². The van der Waals surface area contributed by atoms with Crippen molar-refractivity contribution in [3.05, 3.63) is 56.9 Å². The summed E-state index contributed by atoms with van der Waals surface area (Å²) in [6, 6.07) is 14.7. The molecule has 2 aromatic heterocycles. The summed E-state index contributed by atoms with van der Waals surface area (Å²) in [4.78, 5) is 1.39. The van der Waals surface area contributed by atoms with Crippen molar-refractivity contribution in [2.45, 2.75) is 19.4 Å². The number of rotatable bonds is 5. The summed E-state index contributed by atoms with van der Waals surface area (Å²) in [6.07, 6.45) is 1.04. The summed E-state index contributed by atoms with van der Waals surface area (Å²) >= 11 is 5.28. The van der Waals surface area contributed by atoms with Crippen LogP contribution in [0.2, 0.25) is 0 Å². The van der Waals surface area contributed by atoms with Crippen LogP contribution in [0.3, 0.4) is 0 Å². The maximum absolute atomic E-state index is 5.87. The predicted molar refractivity (Wildman–Crippen MR) is 88.4 cm³/mol. The van der Waals surface area contributed by atoms with E-state index in [0.717, 1.165) is 24.3 Å². The Labute approximate surface area is 130 Å². The first-order valence-electron chi connectivity index (χ1n) is 6.68. The van der Waals surface area contributed by atoms with Crippen LogP contribution in [-0.2, 0) is 6.42 Å². The minimum Gasteiger partial charge on any atom is -0.459 e. The lowest BCUT2D eigenvalue weighted by molar-refractivity contribution is 0.454. The van der Waals surface area contributed by atoms with Gasteiger partial charge in [-0.05, 0) is 53.5 Å². The standard InChI is InChI=1S/C16H16BrNOS/c1-11(18-9-8-13-6-7-16(17)20-13)15-10-12-4-2-3-5-14(12)19-15/h2-7,10-11,18H,8-9H2,1H3. The first-order valence-corrected chi connectivity index (χ1v) is 8.29. The van der Waals surface area contributed by atoms with Crippen molar-refractivity contribution in [2.75, 3.05) is 6.54 Å². The normalized spacial score (nSPS) is 12.9. The Morgan fingerprint density at radius 3 is 2.85 bits per heavy atom. The Hall–Kier alpha value is -1.10. The van der Waals surface area contributed by atoms with Crippen LogP contribution in [-0.4, -0.2) is 6.54 Å². The number of benzene rings is 1. The number of halogens is 1. The van der Waals surface area contributed by atoms with Gasteiger partial charge in [0.15, 0.2) is 0 Å². The molecule has 0 radical (unpaired) electrons. The fourth-order valence-corrected chi connectivity index (χ4v) is 3.70. The number of furan rings is 1. The highest BCUT2D eigenvalue weighted by Gasteiger charge is 2.10. The van der Waals surface area contributed by atoms with Gasteiger partial charge in [-0.2, -0.15) is 0 Å². The van der Waals surface area contributed by atoms with Crippen molar-refractivity contribution in [2.24, 2.45) is 0 Å². The Bertz CT molecular complexity index is 670. The van der Waals surface area contributed by atoms with Gasteiger partial charge in [0.25, 0.3) is 0 Å². The van der Waals surface area contributed by atoms with Crippen molar-refractivity contribution in [3.8, 4) is 0 Å². The largest absolute Gasteiger partial charge is 0.459 e. The zero-order valence-electron chi connectivity index (χ0n) is 11.2. The summed E-state index contributed by atoms with van der Waals surface area (Å²) in [7, 11) is 0. The van der Waals surface area contributed by atoms with Crippen LogP contribution >= 0.6 is 27.3 Å². The molecule has 2 nitrogen and oxygen atoms in total. The van der Waals surface area contributed by atoms with Crippen LogP contribution in [0.5, 0.6) is 0 Å². The molecular formula is C16H16BrNOS. The molecule has 0 amide bonds.